The van der Waals surface area contributed by atoms with Gasteiger partial charge in [0.05, 0.1) is 18.0 Å². The third kappa shape index (κ3) is 3.21. The molecule has 0 amide bonds. The van der Waals surface area contributed by atoms with Crippen molar-refractivity contribution >= 4 is 23.0 Å². The van der Waals surface area contributed by atoms with Crippen LogP contribution in [0.2, 0.25) is 0 Å². The molecule has 0 aliphatic heterocycles. The number of nitrogens with two attached hydrogens (primary N) is 1. The van der Waals surface area contributed by atoms with Crippen LogP contribution >= 0.6 is 0 Å². The minimum absolute atomic E-state index is 0.278. The Bertz CT molecular complexity index is 1230. The van der Waals surface area contributed by atoms with Gasteiger partial charge in [0.2, 0.25) is 0 Å². The van der Waals surface area contributed by atoms with Gasteiger partial charge in [0.25, 0.3) is 5.69 Å². The average molecular weight is 384 g/mol. The van der Waals surface area contributed by atoms with Crippen LogP contribution in [0.5, 0.6) is 0 Å². The molecular weight excluding hydrogens is 368 g/mol. The third-order valence-corrected chi connectivity index (χ3v) is 4.16. The molecule has 0 saturated carbocycles. The van der Waals surface area contributed by atoms with Gasteiger partial charge >= 0.3 is 0 Å². The zero-order valence-corrected chi connectivity index (χ0v) is 15.7. The van der Waals surface area contributed by atoms with Gasteiger partial charge in [-0.1, -0.05) is 12.1 Å². The van der Waals surface area contributed by atoms with Crippen molar-refractivity contribution < 1.29 is 0 Å². The van der Waals surface area contributed by atoms with Crippen LogP contribution in [0.4, 0.5) is 23.0 Å². The third-order valence-electron chi connectivity index (χ3n) is 4.16. The van der Waals surface area contributed by atoms with Crippen molar-refractivity contribution in [2.75, 3.05) is 5.73 Å². The van der Waals surface area contributed by atoms with Crippen LogP contribution in [0.1, 0.15) is 11.4 Å². The molecule has 4 rings (SSSR count). The van der Waals surface area contributed by atoms with Crippen LogP contribution in [-0.2, 0) is 0 Å². The number of rotatable bonds is 4. The largest absolute Gasteiger partial charge is 0.382 e. The molecule has 0 aliphatic carbocycles. The zero-order valence-electron chi connectivity index (χ0n) is 15.7. The first-order chi connectivity index (χ1) is 14.1. The molecule has 29 heavy (non-hydrogen) atoms. The maximum atomic E-state index is 7.49. The molecule has 0 unspecified atom stereocenters. The number of hydrogen-bond donors (Lipinski definition) is 1. The van der Waals surface area contributed by atoms with E-state index in [0.717, 1.165) is 0 Å². The first kappa shape index (κ1) is 18.0. The highest BCUT2D eigenvalue weighted by Crippen LogP contribution is 2.36. The van der Waals surface area contributed by atoms with E-state index in [2.05, 4.69) is 35.2 Å². The summed E-state index contributed by atoms with van der Waals surface area (Å²) in [6.45, 7) is 11.0. The van der Waals surface area contributed by atoms with Gasteiger partial charge in [0, 0.05) is 12.4 Å². The van der Waals surface area contributed by atoms with Gasteiger partial charge in [-0.3, -0.25) is 0 Å². The summed E-state index contributed by atoms with van der Waals surface area (Å²) in [4.78, 5) is 12.1. The summed E-state index contributed by atoms with van der Waals surface area (Å²) in [5.74, 6) is 1.69. The molecular formula is C19H16N10. The van der Waals surface area contributed by atoms with Crippen LogP contribution in [0, 0.1) is 20.4 Å². The smallest absolute Gasteiger partial charge is 0.255 e. The molecule has 10 heteroatoms. The van der Waals surface area contributed by atoms with Crippen LogP contribution in [0.3, 0.4) is 0 Å². The Labute approximate surface area is 166 Å². The summed E-state index contributed by atoms with van der Waals surface area (Å²) in [7, 11) is 0. The van der Waals surface area contributed by atoms with Gasteiger partial charge in [0.15, 0.2) is 29.0 Å². The quantitative estimate of drug-likeness (QED) is 0.421. The summed E-state index contributed by atoms with van der Waals surface area (Å²) in [5.41, 5.74) is 8.06. The molecule has 0 saturated heterocycles. The van der Waals surface area contributed by atoms with Crippen molar-refractivity contribution in [2.24, 2.45) is 10.2 Å². The molecule has 0 radical (unpaired) electrons. The Morgan fingerprint density at radius 3 is 2.10 bits per heavy atom. The van der Waals surface area contributed by atoms with Crippen molar-refractivity contribution in [3.05, 3.63) is 71.6 Å². The molecule has 4 aromatic rings. The predicted octanol–water partition coefficient (Wildman–Crippen LogP) is 4.01. The first-order valence-electron chi connectivity index (χ1n) is 8.67. The summed E-state index contributed by atoms with van der Waals surface area (Å²) in [5, 5.41) is 17.4. The predicted molar refractivity (Wildman–Crippen MR) is 107 cm³/mol. The van der Waals surface area contributed by atoms with E-state index in [1.54, 1.807) is 44.4 Å². The molecule has 0 bridgehead atoms. The van der Waals surface area contributed by atoms with Crippen molar-refractivity contribution in [1.82, 2.24) is 29.5 Å². The van der Waals surface area contributed by atoms with Gasteiger partial charge in [0.1, 0.15) is 0 Å². The second-order valence-electron chi connectivity index (χ2n) is 6.09. The first-order valence-corrected chi connectivity index (χ1v) is 8.67. The van der Waals surface area contributed by atoms with E-state index in [1.165, 1.54) is 9.36 Å². The van der Waals surface area contributed by atoms with Crippen molar-refractivity contribution in [1.29, 1.82) is 0 Å². The Hall–Kier alpha value is -4.39. The van der Waals surface area contributed by atoms with E-state index in [1.807, 2.05) is 18.2 Å². The molecule has 0 aromatic carbocycles. The molecule has 0 atom stereocenters. The minimum Gasteiger partial charge on any atom is -0.382 e. The number of anilines is 1. The summed E-state index contributed by atoms with van der Waals surface area (Å²) in [6.07, 6.45) is 3.30. The van der Waals surface area contributed by atoms with Crippen molar-refractivity contribution in [3.8, 4) is 11.6 Å². The normalized spacial score (nSPS) is 11.1. The Morgan fingerprint density at radius 1 is 0.897 bits per heavy atom. The second-order valence-corrected chi connectivity index (χ2v) is 6.09. The second kappa shape index (κ2) is 7.32. The fourth-order valence-corrected chi connectivity index (χ4v) is 2.78. The van der Waals surface area contributed by atoms with Crippen LogP contribution in [0.25, 0.3) is 16.5 Å². The topological polar surface area (TPSA) is 117 Å². The number of aromatic nitrogens is 6. The van der Waals surface area contributed by atoms with Gasteiger partial charge in [-0.2, -0.15) is 14.9 Å². The van der Waals surface area contributed by atoms with Crippen LogP contribution < -0.4 is 5.73 Å². The Morgan fingerprint density at radius 2 is 1.52 bits per heavy atom. The van der Waals surface area contributed by atoms with Gasteiger partial charge in [-0.15, -0.1) is 10.2 Å². The maximum absolute atomic E-state index is 7.49. The molecule has 2 N–H and O–H groups in total. The number of nitrogen functional groups attached to an aromatic ring is 1. The summed E-state index contributed by atoms with van der Waals surface area (Å²) >= 11 is 0. The number of azo groups is 1. The van der Waals surface area contributed by atoms with E-state index in [0.29, 0.717) is 40.2 Å². The fourth-order valence-electron chi connectivity index (χ4n) is 2.78. The zero-order chi connectivity index (χ0) is 20.4. The van der Waals surface area contributed by atoms with Crippen molar-refractivity contribution in [2.45, 2.75) is 13.8 Å². The molecule has 142 valence electrons. The molecule has 0 aliphatic rings. The molecule has 4 aromatic heterocycles. The Balaban J connectivity index is 1.80. The van der Waals surface area contributed by atoms with Gasteiger partial charge in [-0.25, -0.2) is 19.5 Å². The molecule has 0 spiro atoms. The number of aryl methyl sites for hydroxylation is 2. The highest BCUT2D eigenvalue weighted by molar-refractivity contribution is 5.68. The SMILES string of the molecule is [C-]#[N+]c1c(C)nn(-c2ccccn2)c1/N=N/c1c(C)nn(-c2ccccn2)c1N. The standard InChI is InChI=1S/C19H16N10/c1-12-16(18(20)28(26-12)14-8-4-6-10-22-14)24-25-19-17(21-3)13(2)27-29(19)15-9-5-7-11-23-15/h4-11H,20H2,1-2H3/b25-24+. The average Bonchev–Trinajstić information content (AvgIpc) is 3.23. The lowest BCUT2D eigenvalue weighted by molar-refractivity contribution is 0.826. The van der Waals surface area contributed by atoms with E-state index < -0.39 is 0 Å². The van der Waals surface area contributed by atoms with E-state index in [9.17, 15) is 0 Å². The lowest BCUT2D eigenvalue weighted by Gasteiger charge is -2.03. The van der Waals surface area contributed by atoms with Gasteiger partial charge < -0.3 is 5.73 Å². The highest BCUT2D eigenvalue weighted by Gasteiger charge is 2.19. The monoisotopic (exact) mass is 384 g/mol. The van der Waals surface area contributed by atoms with Gasteiger partial charge in [-0.05, 0) is 38.1 Å². The maximum Gasteiger partial charge on any atom is 0.255 e. The minimum atomic E-state index is 0.278. The van der Waals surface area contributed by atoms with E-state index in [-0.39, 0.29) is 5.82 Å². The Kier molecular flexibility index (Phi) is 4.54. The lowest BCUT2D eigenvalue weighted by Crippen LogP contribution is -2.03. The summed E-state index contributed by atoms with van der Waals surface area (Å²) < 4.78 is 2.99. The van der Waals surface area contributed by atoms with E-state index in [4.69, 9.17) is 12.3 Å². The highest BCUT2D eigenvalue weighted by atomic mass is 15.4. The number of hydrogen-bond acceptors (Lipinski definition) is 7. The van der Waals surface area contributed by atoms with Crippen LogP contribution in [0.15, 0.2) is 59.0 Å². The number of nitrogens with zero attached hydrogens (tertiary/aromatic N) is 9. The van der Waals surface area contributed by atoms with E-state index >= 15 is 0 Å². The molecule has 0 fully saturated rings. The molecule has 10 nitrogen and oxygen atoms in total. The lowest BCUT2D eigenvalue weighted by atomic mass is 10.4. The summed E-state index contributed by atoms with van der Waals surface area (Å²) in [6, 6.07) is 10.8. The van der Waals surface area contributed by atoms with Crippen molar-refractivity contribution in [3.63, 3.8) is 0 Å². The van der Waals surface area contributed by atoms with Crippen LogP contribution in [-0.4, -0.2) is 29.5 Å². The number of pyridine rings is 2. The molecule has 4 heterocycles. The fraction of sp³-hybridized carbons (Fsp3) is 0.105.